The summed E-state index contributed by atoms with van der Waals surface area (Å²) in [6, 6.07) is 13.6. The van der Waals surface area contributed by atoms with E-state index in [9.17, 15) is 18.0 Å². The van der Waals surface area contributed by atoms with Crippen LogP contribution in [-0.2, 0) is 29.8 Å². The molecule has 3 rings (SSSR count). The molecule has 0 aliphatic carbocycles. The number of amides is 2. The van der Waals surface area contributed by atoms with Gasteiger partial charge in [-0.2, -0.15) is 4.31 Å². The van der Waals surface area contributed by atoms with Crippen molar-refractivity contribution in [3.8, 4) is 0 Å². The summed E-state index contributed by atoms with van der Waals surface area (Å²) in [6.07, 6.45) is 0. The Morgan fingerprint density at radius 3 is 2.39 bits per heavy atom. The summed E-state index contributed by atoms with van der Waals surface area (Å²) in [5, 5.41) is 2.73. The number of ether oxygens (including phenoxy) is 1. The number of nitrogens with one attached hydrogen (secondary N) is 1. The minimum absolute atomic E-state index is 0.0661. The summed E-state index contributed by atoms with van der Waals surface area (Å²) in [7, 11) is -2.27. The van der Waals surface area contributed by atoms with Gasteiger partial charge in [0.25, 0.3) is 0 Å². The van der Waals surface area contributed by atoms with Gasteiger partial charge in [-0.15, -0.1) is 0 Å². The third kappa shape index (κ3) is 5.73. The summed E-state index contributed by atoms with van der Waals surface area (Å²) in [5.74, 6) is -0.665. The van der Waals surface area contributed by atoms with Gasteiger partial charge in [-0.3, -0.25) is 9.59 Å². The molecule has 0 aromatic heterocycles. The predicted molar refractivity (Wildman–Crippen MR) is 127 cm³/mol. The number of nitrogens with zero attached hydrogens (tertiary/aromatic N) is 2. The van der Waals surface area contributed by atoms with Gasteiger partial charge in [-0.05, 0) is 37.6 Å². The number of rotatable bonds is 7. The van der Waals surface area contributed by atoms with E-state index in [0.29, 0.717) is 13.2 Å². The predicted octanol–water partition coefficient (Wildman–Crippen LogP) is 2.74. The van der Waals surface area contributed by atoms with Crippen LogP contribution in [-0.4, -0.2) is 69.3 Å². The molecule has 33 heavy (non-hydrogen) atoms. The number of carbonyl (C=O) groups excluding carboxylic acids is 2. The van der Waals surface area contributed by atoms with Crippen molar-refractivity contribution in [2.75, 3.05) is 45.2 Å². The molecule has 1 aliphatic rings. The first-order chi connectivity index (χ1) is 15.5. The number of hydrogen-bond donors (Lipinski definition) is 1. The topological polar surface area (TPSA) is 96.0 Å². The molecule has 1 saturated heterocycles. The zero-order valence-corrected chi connectivity index (χ0v) is 20.4. The van der Waals surface area contributed by atoms with Crippen molar-refractivity contribution in [2.45, 2.75) is 24.2 Å². The van der Waals surface area contributed by atoms with Crippen LogP contribution in [0.3, 0.4) is 0 Å². The number of sulfonamides is 1. The third-order valence-corrected chi connectivity index (χ3v) is 7.94. The number of morpholine rings is 1. The van der Waals surface area contributed by atoms with E-state index >= 15 is 0 Å². The molecule has 0 atom stereocenters. The molecular weight excluding hydrogens is 466 g/mol. The largest absolute Gasteiger partial charge is 0.379 e. The molecule has 2 aromatic carbocycles. The molecule has 178 valence electrons. The Morgan fingerprint density at radius 1 is 1.12 bits per heavy atom. The monoisotopic (exact) mass is 493 g/mol. The van der Waals surface area contributed by atoms with Crippen LogP contribution in [0.5, 0.6) is 0 Å². The van der Waals surface area contributed by atoms with Gasteiger partial charge in [0.1, 0.15) is 4.90 Å². The average molecular weight is 494 g/mol. The van der Waals surface area contributed by atoms with Gasteiger partial charge in [-0.25, -0.2) is 8.42 Å². The number of halogens is 1. The number of carbonyl (C=O) groups is 2. The van der Waals surface area contributed by atoms with Crippen molar-refractivity contribution < 1.29 is 22.7 Å². The summed E-state index contributed by atoms with van der Waals surface area (Å²) >= 11 is 6.17. The van der Waals surface area contributed by atoms with Crippen LogP contribution in [0.2, 0.25) is 5.02 Å². The van der Waals surface area contributed by atoms with Crippen LogP contribution in [0.25, 0.3) is 0 Å². The molecule has 1 N–H and O–H groups in total. The second-order valence-electron chi connectivity index (χ2n) is 8.36. The van der Waals surface area contributed by atoms with Crippen molar-refractivity contribution in [1.29, 1.82) is 0 Å². The number of hydrogen-bond acceptors (Lipinski definition) is 5. The van der Waals surface area contributed by atoms with Crippen LogP contribution in [0.1, 0.15) is 19.4 Å². The van der Waals surface area contributed by atoms with Gasteiger partial charge >= 0.3 is 0 Å². The Kier molecular flexibility index (Phi) is 7.79. The molecule has 0 saturated carbocycles. The fourth-order valence-corrected chi connectivity index (χ4v) is 5.56. The summed E-state index contributed by atoms with van der Waals surface area (Å²) in [5.41, 5.74) is 0.313. The Morgan fingerprint density at radius 2 is 1.76 bits per heavy atom. The van der Waals surface area contributed by atoms with Gasteiger partial charge in [0.15, 0.2) is 0 Å². The molecule has 2 aromatic rings. The van der Waals surface area contributed by atoms with E-state index in [4.69, 9.17) is 16.3 Å². The third-order valence-electron chi connectivity index (χ3n) is 5.56. The molecular formula is C23H28ClN3O5S. The van der Waals surface area contributed by atoms with Crippen molar-refractivity contribution >= 4 is 39.1 Å². The smallest absolute Gasteiger partial charge is 0.244 e. The fourth-order valence-electron chi connectivity index (χ4n) is 3.65. The second kappa shape index (κ2) is 10.2. The first-order valence-electron chi connectivity index (χ1n) is 10.5. The van der Waals surface area contributed by atoms with Gasteiger partial charge < -0.3 is 15.0 Å². The van der Waals surface area contributed by atoms with Crippen LogP contribution < -0.4 is 5.32 Å². The van der Waals surface area contributed by atoms with Gasteiger partial charge in [-0.1, -0.05) is 41.9 Å². The molecule has 1 heterocycles. The molecule has 0 unspecified atom stereocenters. The second-order valence-corrected chi connectivity index (χ2v) is 10.7. The van der Waals surface area contributed by atoms with Crippen molar-refractivity contribution in [3.63, 3.8) is 0 Å². The highest BCUT2D eigenvalue weighted by Crippen LogP contribution is 2.29. The van der Waals surface area contributed by atoms with Crippen LogP contribution in [0.15, 0.2) is 53.4 Å². The standard InChI is InChI=1S/C23H28ClN3O5S/c1-23(2,17-7-5-4-6-8-17)22(29)26(3)16-21(28)25-18-9-10-19(24)20(15-18)33(30,31)27-11-13-32-14-12-27/h4-10,15H,11-14,16H2,1-3H3,(H,25,28). The Hall–Kier alpha value is -2.46. The summed E-state index contributed by atoms with van der Waals surface area (Å²) in [4.78, 5) is 26.9. The van der Waals surface area contributed by atoms with Crippen molar-refractivity contribution in [2.24, 2.45) is 0 Å². The van der Waals surface area contributed by atoms with Crippen LogP contribution in [0.4, 0.5) is 5.69 Å². The molecule has 8 nitrogen and oxygen atoms in total. The molecule has 1 fully saturated rings. The number of likely N-dealkylation sites (N-methyl/N-ethyl adjacent to an activating group) is 1. The number of benzene rings is 2. The quantitative estimate of drug-likeness (QED) is 0.639. The van der Waals surface area contributed by atoms with E-state index < -0.39 is 21.3 Å². The first-order valence-corrected chi connectivity index (χ1v) is 12.3. The maximum Gasteiger partial charge on any atom is 0.244 e. The lowest BCUT2D eigenvalue weighted by atomic mass is 9.83. The van der Waals surface area contributed by atoms with E-state index in [1.54, 1.807) is 20.9 Å². The minimum Gasteiger partial charge on any atom is -0.379 e. The SMILES string of the molecule is CN(CC(=O)Nc1ccc(Cl)c(S(=O)(=O)N2CCOCC2)c1)C(=O)C(C)(C)c1ccccc1. The van der Waals surface area contributed by atoms with Crippen molar-refractivity contribution in [1.82, 2.24) is 9.21 Å². The number of anilines is 1. The van der Waals surface area contributed by atoms with E-state index in [1.807, 2.05) is 30.3 Å². The normalized spacial score (nSPS) is 15.2. The fraction of sp³-hybridized carbons (Fsp3) is 0.391. The maximum atomic E-state index is 13.0. The maximum absolute atomic E-state index is 13.0. The van der Waals surface area contributed by atoms with Gasteiger partial charge in [0, 0.05) is 25.8 Å². The highest BCUT2D eigenvalue weighted by molar-refractivity contribution is 7.89. The molecule has 10 heteroatoms. The van der Waals surface area contributed by atoms with E-state index in [2.05, 4.69) is 5.32 Å². The molecule has 0 bridgehead atoms. The zero-order valence-electron chi connectivity index (χ0n) is 18.9. The van der Waals surface area contributed by atoms with E-state index in [0.717, 1.165) is 5.56 Å². The lowest BCUT2D eigenvalue weighted by Gasteiger charge is -2.29. The lowest BCUT2D eigenvalue weighted by molar-refractivity contribution is -0.137. The van der Waals surface area contributed by atoms with Crippen LogP contribution >= 0.6 is 11.6 Å². The summed E-state index contributed by atoms with van der Waals surface area (Å²) < 4.78 is 32.5. The van der Waals surface area contributed by atoms with Gasteiger partial charge in [0.05, 0.1) is 30.2 Å². The average Bonchev–Trinajstić information content (AvgIpc) is 2.80. The van der Waals surface area contributed by atoms with E-state index in [1.165, 1.54) is 27.4 Å². The molecule has 1 aliphatic heterocycles. The van der Waals surface area contributed by atoms with E-state index in [-0.39, 0.29) is 41.1 Å². The Labute approximate surface area is 199 Å². The minimum atomic E-state index is -3.83. The molecule has 2 amide bonds. The Balaban J connectivity index is 1.70. The molecule has 0 spiro atoms. The lowest BCUT2D eigenvalue weighted by Crippen LogP contribution is -2.44. The van der Waals surface area contributed by atoms with Gasteiger partial charge in [0.2, 0.25) is 21.8 Å². The highest BCUT2D eigenvalue weighted by Gasteiger charge is 2.33. The molecule has 0 radical (unpaired) electrons. The zero-order chi connectivity index (χ0) is 24.2. The Bertz CT molecular complexity index is 1120. The van der Waals surface area contributed by atoms with Crippen LogP contribution in [0, 0.1) is 0 Å². The highest BCUT2D eigenvalue weighted by atomic mass is 35.5. The van der Waals surface area contributed by atoms with Crippen molar-refractivity contribution in [3.05, 3.63) is 59.1 Å². The summed E-state index contributed by atoms with van der Waals surface area (Å²) in [6.45, 7) is 4.52. The first kappa shape index (κ1) is 25.2.